The summed E-state index contributed by atoms with van der Waals surface area (Å²) in [7, 11) is 0. The Morgan fingerprint density at radius 3 is 2.25 bits per heavy atom. The molecule has 1 aliphatic carbocycles. The summed E-state index contributed by atoms with van der Waals surface area (Å²) in [6.07, 6.45) is 22.0. The van der Waals surface area contributed by atoms with Gasteiger partial charge in [0.1, 0.15) is 0 Å². The molecule has 3 nitrogen and oxygen atoms in total. The van der Waals surface area contributed by atoms with Gasteiger partial charge in [-0.25, -0.2) is 0 Å². The summed E-state index contributed by atoms with van der Waals surface area (Å²) < 4.78 is 4.76. The van der Waals surface area contributed by atoms with E-state index in [9.17, 15) is 0 Å². The lowest BCUT2D eigenvalue weighted by Crippen LogP contribution is -2.02. The largest absolute Gasteiger partial charge is 0.355 e. The zero-order valence-electron chi connectivity index (χ0n) is 28.8. The van der Waals surface area contributed by atoms with Crippen LogP contribution in [0.3, 0.4) is 0 Å². The van der Waals surface area contributed by atoms with Gasteiger partial charge < -0.3 is 14.5 Å². The molecular weight excluding hydrogens is 619 g/mol. The van der Waals surface area contributed by atoms with E-state index in [1.165, 1.54) is 32.6 Å². The van der Waals surface area contributed by atoms with Gasteiger partial charge in [-0.15, -0.1) is 0 Å². The topological polar surface area (TPSA) is 21.9 Å². The van der Waals surface area contributed by atoms with Crippen LogP contribution in [-0.4, -0.2) is 9.13 Å². The Hall–Kier alpha value is -6.58. The number of aromatic nitrogens is 2. The number of nitrogens with zero attached hydrogens (tertiary/aromatic N) is 2. The summed E-state index contributed by atoms with van der Waals surface area (Å²) in [5.41, 5.74) is 12.3. The molecule has 0 unspecified atom stereocenters. The predicted molar refractivity (Wildman–Crippen MR) is 221 cm³/mol. The van der Waals surface area contributed by atoms with Gasteiger partial charge in [-0.2, -0.15) is 0 Å². The van der Waals surface area contributed by atoms with Gasteiger partial charge in [0.15, 0.2) is 0 Å². The van der Waals surface area contributed by atoms with Gasteiger partial charge in [-0.1, -0.05) is 122 Å². The van der Waals surface area contributed by atoms with Crippen molar-refractivity contribution in [3.63, 3.8) is 0 Å². The first-order valence-corrected chi connectivity index (χ1v) is 17.5. The van der Waals surface area contributed by atoms with Crippen LogP contribution >= 0.6 is 0 Å². The first kappa shape index (κ1) is 31.7. The molecule has 0 spiro atoms. The maximum Gasteiger partial charge on any atom is 0.0641 e. The van der Waals surface area contributed by atoms with Gasteiger partial charge in [0.25, 0.3) is 0 Å². The minimum Gasteiger partial charge on any atom is -0.355 e. The number of rotatable bonds is 10. The van der Waals surface area contributed by atoms with Crippen LogP contribution in [0.25, 0.3) is 60.6 Å². The van der Waals surface area contributed by atoms with Gasteiger partial charge in [-0.3, -0.25) is 0 Å². The van der Waals surface area contributed by atoms with Crippen molar-refractivity contribution < 1.29 is 0 Å². The number of nitrogens with one attached hydrogen (secondary N) is 1. The summed E-state index contributed by atoms with van der Waals surface area (Å²) in [6.45, 7) is 10.3. The van der Waals surface area contributed by atoms with E-state index in [1.54, 1.807) is 0 Å². The summed E-state index contributed by atoms with van der Waals surface area (Å²) in [5.74, 6) is 0. The zero-order chi connectivity index (χ0) is 34.7. The molecule has 1 N–H and O–H groups in total. The number of benzene rings is 5. The third-order valence-corrected chi connectivity index (χ3v) is 9.57. The third kappa shape index (κ3) is 5.69. The van der Waals surface area contributed by atoms with Crippen molar-refractivity contribution in [2.75, 3.05) is 5.32 Å². The smallest absolute Gasteiger partial charge is 0.0641 e. The first-order valence-electron chi connectivity index (χ1n) is 17.5. The standard InChI is InChI=1S/C48H39N3/c1-4-7-23-38(6-3)50-44-27-17-16-26-41(44)47-46(50)31-29-40-42-32-36(28-30-45(42)51(48(40)47)39-24-12-9-13-25-39)35(18-5-2)33-43(34-19-14-15-20-34)49-37-21-10-8-11-22-37/h4-14,16-33,49H,2-3,15H2,1H3/b7-4-,35-18+,38-23+,43-33-. The van der Waals surface area contributed by atoms with E-state index in [-0.39, 0.29) is 0 Å². The predicted octanol–water partition coefficient (Wildman–Crippen LogP) is 12.9. The molecule has 5 aromatic carbocycles. The number of anilines is 1. The number of hydrogen-bond acceptors (Lipinski definition) is 1. The number of hydrogen-bond donors (Lipinski definition) is 1. The lowest BCUT2D eigenvalue weighted by molar-refractivity contribution is 1.18. The van der Waals surface area contributed by atoms with E-state index < -0.39 is 0 Å². The molecule has 1 aliphatic rings. The molecule has 2 aromatic heterocycles. The molecule has 7 aromatic rings. The monoisotopic (exact) mass is 657 g/mol. The fourth-order valence-corrected chi connectivity index (χ4v) is 7.33. The van der Waals surface area contributed by atoms with Crippen molar-refractivity contribution in [1.82, 2.24) is 9.13 Å². The second-order valence-electron chi connectivity index (χ2n) is 12.6. The fraction of sp³-hybridized carbons (Fsp3) is 0.0417. The van der Waals surface area contributed by atoms with E-state index in [0.29, 0.717) is 0 Å². The highest BCUT2D eigenvalue weighted by molar-refractivity contribution is 6.26. The molecule has 2 heterocycles. The second-order valence-corrected chi connectivity index (χ2v) is 12.6. The van der Waals surface area contributed by atoms with Crippen LogP contribution in [0.15, 0.2) is 200 Å². The van der Waals surface area contributed by atoms with Gasteiger partial charge in [-0.05, 0) is 96.8 Å². The van der Waals surface area contributed by atoms with E-state index in [2.05, 4.69) is 179 Å². The number of para-hydroxylation sites is 3. The molecule has 0 saturated heterocycles. The molecule has 0 fully saturated rings. The van der Waals surface area contributed by atoms with Crippen molar-refractivity contribution in [1.29, 1.82) is 0 Å². The highest BCUT2D eigenvalue weighted by atomic mass is 15.0. The SMILES string of the molecule is C=C/C=C(\C=C(/Nc1ccccc1)C1=CCC=C1)c1ccc2c(c1)c1ccc3c(c4ccccc4n3/C(C=C)=C/C=C\C)c1n2-c1ccccc1. The number of fused-ring (bicyclic) bond motifs is 7. The Morgan fingerprint density at radius 2 is 1.51 bits per heavy atom. The average molecular weight is 658 g/mol. The molecule has 51 heavy (non-hydrogen) atoms. The van der Waals surface area contributed by atoms with Gasteiger partial charge in [0.2, 0.25) is 0 Å². The Kier molecular flexibility index (Phi) is 8.53. The Morgan fingerprint density at radius 1 is 0.745 bits per heavy atom. The van der Waals surface area contributed by atoms with E-state index in [0.717, 1.165) is 56.9 Å². The summed E-state index contributed by atoms with van der Waals surface area (Å²) >= 11 is 0. The lowest BCUT2D eigenvalue weighted by Gasteiger charge is -2.14. The van der Waals surface area contributed by atoms with Crippen LogP contribution in [0.1, 0.15) is 18.9 Å². The molecule has 0 saturated carbocycles. The van der Waals surface area contributed by atoms with Crippen LogP contribution < -0.4 is 5.32 Å². The van der Waals surface area contributed by atoms with Crippen molar-refractivity contribution in [3.8, 4) is 5.69 Å². The Labute approximate surface area is 299 Å². The molecule has 8 rings (SSSR count). The Bertz CT molecular complexity index is 2650. The molecule has 0 radical (unpaired) electrons. The third-order valence-electron chi connectivity index (χ3n) is 9.57. The average Bonchev–Trinajstić information content (AvgIpc) is 3.91. The normalized spacial score (nSPS) is 14.0. The van der Waals surface area contributed by atoms with Gasteiger partial charge in [0.05, 0.1) is 22.1 Å². The van der Waals surface area contributed by atoms with Crippen molar-refractivity contribution in [3.05, 3.63) is 206 Å². The molecule has 246 valence electrons. The molecule has 0 amide bonds. The van der Waals surface area contributed by atoms with E-state index in [4.69, 9.17) is 0 Å². The van der Waals surface area contributed by atoms with E-state index >= 15 is 0 Å². The van der Waals surface area contributed by atoms with Crippen LogP contribution in [0.2, 0.25) is 0 Å². The maximum absolute atomic E-state index is 4.20. The maximum atomic E-state index is 4.20. The van der Waals surface area contributed by atoms with Crippen LogP contribution in [0.4, 0.5) is 5.69 Å². The highest BCUT2D eigenvalue weighted by Gasteiger charge is 2.21. The van der Waals surface area contributed by atoms with Crippen molar-refractivity contribution in [2.45, 2.75) is 13.3 Å². The molecule has 0 atom stereocenters. The Balaban J connectivity index is 1.41. The van der Waals surface area contributed by atoms with Crippen molar-refractivity contribution in [2.24, 2.45) is 0 Å². The molecular formula is C48H39N3. The van der Waals surface area contributed by atoms with Crippen LogP contribution in [-0.2, 0) is 0 Å². The summed E-state index contributed by atoms with van der Waals surface area (Å²) in [4.78, 5) is 0. The van der Waals surface area contributed by atoms with Crippen LogP contribution in [0.5, 0.6) is 0 Å². The van der Waals surface area contributed by atoms with E-state index in [1.807, 2.05) is 31.2 Å². The minimum absolute atomic E-state index is 0.929. The quantitative estimate of drug-likeness (QED) is 0.145. The summed E-state index contributed by atoms with van der Waals surface area (Å²) in [6, 6.07) is 41.2. The number of allylic oxidation sites excluding steroid dienone is 12. The van der Waals surface area contributed by atoms with Gasteiger partial charge >= 0.3 is 0 Å². The fourth-order valence-electron chi connectivity index (χ4n) is 7.33. The first-order chi connectivity index (χ1) is 25.2. The summed E-state index contributed by atoms with van der Waals surface area (Å²) in [5, 5.41) is 8.50. The van der Waals surface area contributed by atoms with Crippen molar-refractivity contribution >= 4 is 60.6 Å². The van der Waals surface area contributed by atoms with Gasteiger partial charge in [0, 0.05) is 44.3 Å². The lowest BCUT2D eigenvalue weighted by atomic mass is 9.99. The molecule has 0 aliphatic heterocycles. The van der Waals surface area contributed by atoms with Crippen LogP contribution in [0, 0.1) is 0 Å². The highest BCUT2D eigenvalue weighted by Crippen LogP contribution is 2.42. The zero-order valence-corrected chi connectivity index (χ0v) is 28.8. The minimum atomic E-state index is 0.929. The second kappa shape index (κ2) is 13.7. The molecule has 0 bridgehead atoms. The molecule has 3 heteroatoms.